The van der Waals surface area contributed by atoms with E-state index in [2.05, 4.69) is 86.7 Å². The summed E-state index contributed by atoms with van der Waals surface area (Å²) in [4.78, 5) is 10.2. The number of nitrogens with zero attached hydrogens (tertiary/aromatic N) is 2. The molecule has 0 fully saturated rings. The summed E-state index contributed by atoms with van der Waals surface area (Å²) in [7, 11) is 0. The Morgan fingerprint density at radius 2 is 0.809 bits per heavy atom. The Bertz CT molecular complexity index is 1030. The number of allylic oxidation sites excluding steroid dienone is 2. The van der Waals surface area contributed by atoms with Crippen molar-refractivity contribution in [1.82, 2.24) is 0 Å². The van der Waals surface area contributed by atoms with Crippen LogP contribution in [0.1, 0.15) is 181 Å². The molecule has 0 aliphatic rings. The van der Waals surface area contributed by atoms with Gasteiger partial charge in [0.05, 0.1) is 22.8 Å². The van der Waals surface area contributed by atoms with E-state index >= 15 is 0 Å². The quantitative estimate of drug-likeness (QED) is 0.0444. The predicted molar refractivity (Wildman–Crippen MR) is 208 cm³/mol. The van der Waals surface area contributed by atoms with Gasteiger partial charge < -0.3 is 0 Å². The first-order valence-corrected chi connectivity index (χ1v) is 19.8. The first-order valence-electron chi connectivity index (χ1n) is 19.8. The number of rotatable bonds is 30. The third-order valence-electron chi connectivity index (χ3n) is 9.09. The minimum Gasteiger partial charge on any atom is -0.251 e. The van der Waals surface area contributed by atoms with Crippen LogP contribution in [0.15, 0.2) is 82.8 Å². The molecule has 0 N–H and O–H groups in total. The van der Waals surface area contributed by atoms with Crippen molar-refractivity contribution < 1.29 is 16.5 Å². The SMILES string of the molecule is CCCCCCCCCCCCCCCCCCCC/C=C/C(=N\c1ccccc1)C(/CCCCCCCC)=N/c1ccccc1.[Ni]. The summed E-state index contributed by atoms with van der Waals surface area (Å²) in [5.74, 6) is 0. The minimum atomic E-state index is 0. The molecule has 3 heteroatoms. The van der Waals surface area contributed by atoms with Crippen molar-refractivity contribution >= 4 is 22.8 Å². The largest absolute Gasteiger partial charge is 0.251 e. The van der Waals surface area contributed by atoms with Crippen LogP contribution >= 0.6 is 0 Å². The van der Waals surface area contributed by atoms with Gasteiger partial charge in [0.15, 0.2) is 0 Å². The smallest absolute Gasteiger partial charge is 0.0848 e. The minimum absolute atomic E-state index is 0. The molecular formula is C44H70N2Ni. The molecule has 0 heterocycles. The molecule has 2 aromatic rings. The normalized spacial score (nSPS) is 12.1. The molecule has 0 radical (unpaired) electrons. The molecule has 0 aliphatic heterocycles. The van der Waals surface area contributed by atoms with Crippen LogP contribution in [0.25, 0.3) is 0 Å². The summed E-state index contributed by atoms with van der Waals surface area (Å²) >= 11 is 0. The summed E-state index contributed by atoms with van der Waals surface area (Å²) in [6, 6.07) is 20.8. The molecule has 2 aromatic carbocycles. The van der Waals surface area contributed by atoms with Gasteiger partial charge in [-0.05, 0) is 56.0 Å². The fourth-order valence-corrected chi connectivity index (χ4v) is 6.17. The summed E-state index contributed by atoms with van der Waals surface area (Å²) < 4.78 is 0. The van der Waals surface area contributed by atoms with Crippen molar-refractivity contribution in [1.29, 1.82) is 0 Å². The summed E-state index contributed by atoms with van der Waals surface area (Å²) in [5, 5.41) is 0. The average Bonchev–Trinajstić information content (AvgIpc) is 3.08. The van der Waals surface area contributed by atoms with Crippen LogP contribution in [0.5, 0.6) is 0 Å². The summed E-state index contributed by atoms with van der Waals surface area (Å²) in [6.07, 6.45) is 39.9. The van der Waals surface area contributed by atoms with Crippen molar-refractivity contribution in [2.24, 2.45) is 9.98 Å². The Kier molecular flexibility index (Phi) is 29.8. The molecule has 0 unspecified atom stereocenters. The van der Waals surface area contributed by atoms with Gasteiger partial charge in [0.25, 0.3) is 0 Å². The van der Waals surface area contributed by atoms with Crippen LogP contribution in [-0.2, 0) is 16.5 Å². The van der Waals surface area contributed by atoms with Crippen molar-refractivity contribution in [3.8, 4) is 0 Å². The van der Waals surface area contributed by atoms with E-state index < -0.39 is 0 Å². The summed E-state index contributed by atoms with van der Waals surface area (Å²) in [5.41, 5.74) is 4.14. The van der Waals surface area contributed by atoms with Gasteiger partial charge in [0.1, 0.15) is 0 Å². The molecule has 266 valence electrons. The average molecular weight is 686 g/mol. The Morgan fingerprint density at radius 1 is 0.447 bits per heavy atom. The van der Waals surface area contributed by atoms with Crippen molar-refractivity contribution in [3.63, 3.8) is 0 Å². The van der Waals surface area contributed by atoms with Gasteiger partial charge >= 0.3 is 0 Å². The van der Waals surface area contributed by atoms with Crippen molar-refractivity contribution in [3.05, 3.63) is 72.8 Å². The van der Waals surface area contributed by atoms with Crippen molar-refractivity contribution in [2.45, 2.75) is 181 Å². The molecule has 2 nitrogen and oxygen atoms in total. The molecule has 2 rings (SSSR count). The van der Waals surface area contributed by atoms with Gasteiger partial charge in [-0.15, -0.1) is 0 Å². The maximum absolute atomic E-state index is 5.13. The molecule has 0 amide bonds. The molecule has 0 saturated heterocycles. The maximum Gasteiger partial charge on any atom is 0.0848 e. The van der Waals surface area contributed by atoms with E-state index in [1.54, 1.807) is 0 Å². The van der Waals surface area contributed by atoms with E-state index in [4.69, 9.17) is 9.98 Å². The zero-order chi connectivity index (χ0) is 32.6. The number of hydrogen-bond donors (Lipinski definition) is 0. The van der Waals surface area contributed by atoms with Crippen LogP contribution in [0, 0.1) is 0 Å². The van der Waals surface area contributed by atoms with Crippen LogP contribution in [0.3, 0.4) is 0 Å². The van der Waals surface area contributed by atoms with Crippen LogP contribution < -0.4 is 0 Å². The Balaban J connectivity index is 0.0000110. The van der Waals surface area contributed by atoms with Gasteiger partial charge in [-0.3, -0.25) is 4.99 Å². The Morgan fingerprint density at radius 3 is 1.23 bits per heavy atom. The number of hydrogen-bond acceptors (Lipinski definition) is 2. The number of unbranched alkanes of at least 4 members (excludes halogenated alkanes) is 23. The second-order valence-electron chi connectivity index (χ2n) is 13.4. The van der Waals surface area contributed by atoms with Gasteiger partial charge in [0, 0.05) is 16.5 Å². The van der Waals surface area contributed by atoms with E-state index in [9.17, 15) is 0 Å². The Hall–Kier alpha value is -1.99. The second kappa shape index (κ2) is 32.6. The van der Waals surface area contributed by atoms with Gasteiger partial charge in [-0.25, -0.2) is 4.99 Å². The zero-order valence-electron chi connectivity index (χ0n) is 30.5. The molecule has 0 bridgehead atoms. The number of benzene rings is 2. The molecule has 0 saturated carbocycles. The molecule has 0 aromatic heterocycles. The van der Waals surface area contributed by atoms with E-state index in [1.165, 1.54) is 148 Å². The molecule has 0 aliphatic carbocycles. The first kappa shape index (κ1) is 43.0. The molecule has 0 atom stereocenters. The number of aliphatic imine (C=N–C) groups is 2. The van der Waals surface area contributed by atoms with Gasteiger partial charge in [-0.2, -0.15) is 0 Å². The first-order chi connectivity index (χ1) is 22.8. The van der Waals surface area contributed by atoms with Crippen LogP contribution in [0.4, 0.5) is 11.4 Å². The van der Waals surface area contributed by atoms with Gasteiger partial charge in [-0.1, -0.05) is 198 Å². The molecule has 47 heavy (non-hydrogen) atoms. The fraction of sp³-hybridized carbons (Fsp3) is 0.636. The van der Waals surface area contributed by atoms with E-state index in [-0.39, 0.29) is 16.5 Å². The standard InChI is InChI=1S/C44H70N2.Ni/c1-3-5-7-9-11-12-13-14-15-16-17-18-19-20-21-22-23-24-26-34-40-44(46-42-37-31-28-32-38-42)43(39-33-25-10-8-6-4-2)45-41-35-29-27-30-36-41;/h27-32,34-38,40H,3-26,33,39H2,1-2H3;/b40-34+,45-43+,46-44+;. The van der Waals surface area contributed by atoms with Crippen LogP contribution in [0.2, 0.25) is 0 Å². The fourth-order valence-electron chi connectivity index (χ4n) is 6.17. The zero-order valence-corrected chi connectivity index (χ0v) is 31.5. The number of para-hydroxylation sites is 2. The third-order valence-corrected chi connectivity index (χ3v) is 9.09. The van der Waals surface area contributed by atoms with Crippen LogP contribution in [-0.4, -0.2) is 11.4 Å². The topological polar surface area (TPSA) is 24.7 Å². The van der Waals surface area contributed by atoms with Crippen molar-refractivity contribution in [2.75, 3.05) is 0 Å². The maximum atomic E-state index is 5.13. The van der Waals surface area contributed by atoms with Gasteiger partial charge in [0.2, 0.25) is 0 Å². The Labute approximate surface area is 301 Å². The third kappa shape index (κ3) is 24.8. The monoisotopic (exact) mass is 684 g/mol. The second-order valence-corrected chi connectivity index (χ2v) is 13.4. The molecular weight excluding hydrogens is 615 g/mol. The van der Waals surface area contributed by atoms with E-state index in [0.717, 1.165) is 42.1 Å². The van der Waals surface area contributed by atoms with E-state index in [0.29, 0.717) is 0 Å². The predicted octanol–water partition coefficient (Wildman–Crippen LogP) is 15.3. The summed E-state index contributed by atoms with van der Waals surface area (Å²) in [6.45, 7) is 4.58. The van der Waals surface area contributed by atoms with E-state index in [1.807, 2.05) is 0 Å². The molecule has 0 spiro atoms.